The van der Waals surface area contributed by atoms with E-state index in [0.29, 0.717) is 18.6 Å². The zero-order chi connectivity index (χ0) is 20.4. The maximum absolute atomic E-state index is 13.0. The van der Waals surface area contributed by atoms with Gasteiger partial charge in [0.15, 0.2) is 5.12 Å². The lowest BCUT2D eigenvalue weighted by atomic mass is 9.99. The first kappa shape index (κ1) is 22.8. The van der Waals surface area contributed by atoms with Crippen LogP contribution in [0.4, 0.5) is 0 Å². The Labute approximate surface area is 176 Å². The van der Waals surface area contributed by atoms with Crippen molar-refractivity contribution in [1.29, 1.82) is 0 Å². The number of thioether (sulfide) groups is 2. The van der Waals surface area contributed by atoms with Gasteiger partial charge in [-0.25, -0.2) is 0 Å². The lowest BCUT2D eigenvalue weighted by molar-refractivity contribution is -0.136. The van der Waals surface area contributed by atoms with Crippen LogP contribution in [0.15, 0.2) is 30.3 Å². The van der Waals surface area contributed by atoms with Crippen molar-refractivity contribution < 1.29 is 14.4 Å². The quantitative estimate of drug-likeness (QED) is 0.628. The molecule has 1 unspecified atom stereocenters. The van der Waals surface area contributed by atoms with E-state index in [1.165, 1.54) is 18.7 Å². The molecule has 0 radical (unpaired) electrons. The lowest BCUT2D eigenvalue weighted by Crippen LogP contribution is -2.50. The molecule has 0 spiro atoms. The first-order valence-corrected chi connectivity index (χ1v) is 12.1. The van der Waals surface area contributed by atoms with Crippen molar-refractivity contribution in [2.45, 2.75) is 38.6 Å². The molecular weight excluding hydrogens is 392 g/mol. The zero-order valence-corrected chi connectivity index (χ0v) is 18.3. The van der Waals surface area contributed by atoms with Gasteiger partial charge in [0, 0.05) is 25.8 Å². The Bertz CT molecular complexity index is 648. The second-order valence-corrected chi connectivity index (χ2v) is 9.25. The van der Waals surface area contributed by atoms with Crippen molar-refractivity contribution in [1.82, 2.24) is 10.2 Å². The number of benzene rings is 1. The van der Waals surface area contributed by atoms with Crippen LogP contribution < -0.4 is 5.32 Å². The molecule has 1 fully saturated rings. The summed E-state index contributed by atoms with van der Waals surface area (Å²) < 4.78 is 0. The van der Waals surface area contributed by atoms with Crippen molar-refractivity contribution in [3.63, 3.8) is 0 Å². The topological polar surface area (TPSA) is 66.5 Å². The molecule has 0 saturated carbocycles. The smallest absolute Gasteiger partial charge is 0.245 e. The molecule has 0 aromatic heterocycles. The van der Waals surface area contributed by atoms with Crippen LogP contribution in [0, 0.1) is 5.92 Å². The fraction of sp³-hybridized carbons (Fsp3) is 0.571. The molecule has 154 valence electrons. The Morgan fingerprint density at radius 2 is 1.82 bits per heavy atom. The van der Waals surface area contributed by atoms with Crippen LogP contribution >= 0.6 is 23.5 Å². The average Bonchev–Trinajstić information content (AvgIpc) is 3.23. The third-order valence-corrected chi connectivity index (χ3v) is 6.45. The molecule has 1 aromatic rings. The number of carbonyl (C=O) groups excluding carboxylic acids is 3. The summed E-state index contributed by atoms with van der Waals surface area (Å²) in [7, 11) is 0. The minimum atomic E-state index is -0.487. The summed E-state index contributed by atoms with van der Waals surface area (Å²) in [6.45, 7) is 3.07. The zero-order valence-electron chi connectivity index (χ0n) is 16.7. The van der Waals surface area contributed by atoms with Gasteiger partial charge in [0.25, 0.3) is 0 Å². The van der Waals surface area contributed by atoms with Gasteiger partial charge in [-0.15, -0.1) is 0 Å². The largest absolute Gasteiger partial charge is 0.344 e. The van der Waals surface area contributed by atoms with E-state index in [1.54, 1.807) is 11.8 Å². The van der Waals surface area contributed by atoms with E-state index in [4.69, 9.17) is 0 Å². The predicted molar refractivity (Wildman–Crippen MR) is 118 cm³/mol. The highest BCUT2D eigenvalue weighted by Crippen LogP contribution is 2.18. The highest BCUT2D eigenvalue weighted by Gasteiger charge is 2.30. The molecule has 1 heterocycles. The summed E-state index contributed by atoms with van der Waals surface area (Å²) in [5, 5.41) is 3.00. The molecule has 1 aliphatic rings. The second kappa shape index (κ2) is 12.2. The van der Waals surface area contributed by atoms with Crippen LogP contribution in [0.25, 0.3) is 0 Å². The van der Waals surface area contributed by atoms with Gasteiger partial charge in [0.05, 0.1) is 5.92 Å². The number of likely N-dealkylation sites (tertiary alicyclic amines) is 1. The number of nitrogens with one attached hydrogen (secondary N) is 1. The third kappa shape index (κ3) is 7.51. The highest BCUT2D eigenvalue weighted by molar-refractivity contribution is 8.13. The number of hydrogen-bond acceptors (Lipinski definition) is 5. The first-order chi connectivity index (χ1) is 13.5. The monoisotopic (exact) mass is 422 g/mol. The van der Waals surface area contributed by atoms with Crippen molar-refractivity contribution in [2.75, 3.05) is 30.9 Å². The molecule has 5 nitrogen and oxygen atoms in total. The normalized spacial score (nSPS) is 15.9. The Morgan fingerprint density at radius 3 is 2.43 bits per heavy atom. The van der Waals surface area contributed by atoms with E-state index in [9.17, 15) is 14.4 Å². The summed E-state index contributed by atoms with van der Waals surface area (Å²) in [5.41, 5.74) is 1.05. The van der Waals surface area contributed by atoms with E-state index < -0.39 is 6.04 Å². The van der Waals surface area contributed by atoms with E-state index in [2.05, 4.69) is 5.32 Å². The number of amides is 2. The summed E-state index contributed by atoms with van der Waals surface area (Å²) in [5.74, 6) is 0.771. The molecule has 2 rings (SSSR count). The fourth-order valence-electron chi connectivity index (χ4n) is 3.28. The van der Waals surface area contributed by atoms with Gasteiger partial charge in [-0.2, -0.15) is 11.8 Å². The molecular formula is C21H30N2O3S2. The average molecular weight is 423 g/mol. The molecule has 1 aromatic carbocycles. The summed E-state index contributed by atoms with van der Waals surface area (Å²) in [6.07, 6.45) is 5.24. The SMILES string of the molecule is CSCC[C@H](NC(=O)C(CSC(C)=O)Cc1ccccc1)C(=O)N1CCCC1. The van der Waals surface area contributed by atoms with Gasteiger partial charge in [-0.05, 0) is 43.3 Å². The molecule has 0 aliphatic carbocycles. The van der Waals surface area contributed by atoms with Crippen LogP contribution in [-0.2, 0) is 20.8 Å². The molecule has 0 bridgehead atoms. The first-order valence-electron chi connectivity index (χ1n) is 9.76. The number of rotatable bonds is 10. The lowest BCUT2D eigenvalue weighted by Gasteiger charge is -2.26. The fourth-order valence-corrected chi connectivity index (χ4v) is 4.46. The van der Waals surface area contributed by atoms with Gasteiger partial charge in [0.2, 0.25) is 11.8 Å². The predicted octanol–water partition coefficient (Wildman–Crippen LogP) is 2.99. The molecule has 1 saturated heterocycles. The molecule has 2 amide bonds. The van der Waals surface area contributed by atoms with E-state index in [-0.39, 0.29) is 22.8 Å². The van der Waals surface area contributed by atoms with Crippen LogP contribution in [0.3, 0.4) is 0 Å². The van der Waals surface area contributed by atoms with Crippen LogP contribution in [-0.4, -0.2) is 58.7 Å². The molecule has 2 atom stereocenters. The third-order valence-electron chi connectivity index (χ3n) is 4.83. The van der Waals surface area contributed by atoms with Crippen molar-refractivity contribution in [2.24, 2.45) is 5.92 Å². The van der Waals surface area contributed by atoms with Crippen molar-refractivity contribution in [3.05, 3.63) is 35.9 Å². The number of hydrogen-bond donors (Lipinski definition) is 1. The standard InChI is InChI=1S/C21H30N2O3S2/c1-16(24)28-15-18(14-17-8-4-3-5-9-17)20(25)22-19(10-13-27-2)21(26)23-11-6-7-12-23/h3-5,8-9,18-19H,6-7,10-15H2,1-2H3,(H,22,25)/t18?,19-/m0/s1. The Balaban J connectivity index is 2.07. The van der Waals surface area contributed by atoms with E-state index in [0.717, 1.165) is 37.2 Å². The van der Waals surface area contributed by atoms with Gasteiger partial charge in [-0.3, -0.25) is 14.4 Å². The minimum absolute atomic E-state index is 0.00191. The summed E-state index contributed by atoms with van der Waals surface area (Å²) in [6, 6.07) is 9.31. The summed E-state index contributed by atoms with van der Waals surface area (Å²) in [4.78, 5) is 39.2. The molecule has 1 N–H and O–H groups in total. The minimum Gasteiger partial charge on any atom is -0.344 e. The Hall–Kier alpha value is -1.47. The maximum Gasteiger partial charge on any atom is 0.245 e. The maximum atomic E-state index is 13.0. The van der Waals surface area contributed by atoms with Gasteiger partial charge < -0.3 is 10.2 Å². The summed E-state index contributed by atoms with van der Waals surface area (Å²) >= 11 is 2.84. The van der Waals surface area contributed by atoms with Gasteiger partial charge in [0.1, 0.15) is 6.04 Å². The van der Waals surface area contributed by atoms with Crippen molar-refractivity contribution in [3.8, 4) is 0 Å². The molecule has 1 aliphatic heterocycles. The van der Waals surface area contributed by atoms with Gasteiger partial charge >= 0.3 is 0 Å². The number of nitrogens with zero attached hydrogens (tertiary/aromatic N) is 1. The van der Waals surface area contributed by atoms with Crippen LogP contribution in [0.2, 0.25) is 0 Å². The second-order valence-electron chi connectivity index (χ2n) is 7.06. The Morgan fingerprint density at radius 1 is 1.14 bits per heavy atom. The number of carbonyl (C=O) groups is 3. The van der Waals surface area contributed by atoms with E-state index >= 15 is 0 Å². The van der Waals surface area contributed by atoms with Crippen LogP contribution in [0.5, 0.6) is 0 Å². The van der Waals surface area contributed by atoms with Gasteiger partial charge in [-0.1, -0.05) is 42.1 Å². The van der Waals surface area contributed by atoms with Crippen LogP contribution in [0.1, 0.15) is 31.7 Å². The van der Waals surface area contributed by atoms with E-state index in [1.807, 2.05) is 41.5 Å². The molecule has 28 heavy (non-hydrogen) atoms. The molecule has 7 heteroatoms. The van der Waals surface area contributed by atoms with Crippen molar-refractivity contribution >= 4 is 40.5 Å². The highest BCUT2D eigenvalue weighted by atomic mass is 32.2. The Kier molecular flexibility index (Phi) is 9.92.